The van der Waals surface area contributed by atoms with E-state index in [9.17, 15) is 9.90 Å². The van der Waals surface area contributed by atoms with Gasteiger partial charge in [0.15, 0.2) is 0 Å². The highest BCUT2D eigenvalue weighted by molar-refractivity contribution is 5.73. The van der Waals surface area contributed by atoms with Gasteiger partial charge in [0, 0.05) is 45.8 Å². The number of aliphatic hydroxyl groups excluding tert-OH is 1. The van der Waals surface area contributed by atoms with Gasteiger partial charge in [-0.3, -0.25) is 19.7 Å². The van der Waals surface area contributed by atoms with E-state index in [1.54, 1.807) is 6.92 Å². The van der Waals surface area contributed by atoms with E-state index in [2.05, 4.69) is 14.9 Å². The van der Waals surface area contributed by atoms with Crippen LogP contribution in [0.25, 0.3) is 0 Å². The number of hydrogen-bond donors (Lipinski definition) is 1. The van der Waals surface area contributed by atoms with Crippen molar-refractivity contribution >= 4 is 5.91 Å². The topological polar surface area (TPSA) is 69.6 Å². The summed E-state index contributed by atoms with van der Waals surface area (Å²) in [5.41, 5.74) is 2.01. The van der Waals surface area contributed by atoms with Crippen molar-refractivity contribution in [3.05, 3.63) is 23.8 Å². The molecule has 2 fully saturated rings. The Balaban J connectivity index is 1.47. The van der Waals surface area contributed by atoms with Gasteiger partial charge < -0.3 is 10.0 Å². The van der Waals surface area contributed by atoms with E-state index >= 15 is 0 Å². The third-order valence-electron chi connectivity index (χ3n) is 4.95. The van der Waals surface area contributed by atoms with E-state index in [0.717, 1.165) is 69.8 Å². The summed E-state index contributed by atoms with van der Waals surface area (Å²) < 4.78 is 0. The van der Waals surface area contributed by atoms with Crippen LogP contribution in [0.1, 0.15) is 37.6 Å². The third-order valence-corrected chi connectivity index (χ3v) is 4.95. The van der Waals surface area contributed by atoms with Crippen LogP contribution in [-0.2, 0) is 17.8 Å². The number of rotatable bonds is 4. The molecule has 126 valence electrons. The predicted octanol–water partition coefficient (Wildman–Crippen LogP) is 0.844. The summed E-state index contributed by atoms with van der Waals surface area (Å²) >= 11 is 0. The van der Waals surface area contributed by atoms with Gasteiger partial charge in [-0.05, 0) is 31.6 Å². The fourth-order valence-corrected chi connectivity index (χ4v) is 3.50. The number of carbonyl (C=O) groups is 1. The van der Waals surface area contributed by atoms with Crippen molar-refractivity contribution < 1.29 is 9.90 Å². The second-order valence-electron chi connectivity index (χ2n) is 6.83. The van der Waals surface area contributed by atoms with Crippen LogP contribution < -0.4 is 0 Å². The molecule has 1 aromatic heterocycles. The number of hydrogen-bond acceptors (Lipinski definition) is 5. The normalized spacial score (nSPS) is 23.4. The standard InChI is InChI=1S/C17H26N4O2/c1-13(22)21-6-2-14(3-7-21)8-15-9-19-16(10-18-15)11-20-5-4-17(23)12-20/h9-10,14,17,23H,2-8,11-12H2,1H3/t17-/m0/s1. The number of aromatic nitrogens is 2. The van der Waals surface area contributed by atoms with Crippen molar-refractivity contribution in [1.82, 2.24) is 19.8 Å². The molecule has 1 aromatic rings. The van der Waals surface area contributed by atoms with Crippen molar-refractivity contribution in [2.45, 2.75) is 45.3 Å². The first-order chi connectivity index (χ1) is 11.1. The number of carbonyl (C=O) groups excluding carboxylic acids is 1. The van der Waals surface area contributed by atoms with Crippen LogP contribution in [-0.4, -0.2) is 63.1 Å². The zero-order chi connectivity index (χ0) is 16.2. The van der Waals surface area contributed by atoms with E-state index in [1.165, 1.54) is 0 Å². The minimum absolute atomic E-state index is 0.180. The number of amides is 1. The summed E-state index contributed by atoms with van der Waals surface area (Å²) in [5.74, 6) is 0.777. The molecule has 0 aromatic carbocycles. The Bertz CT molecular complexity index is 526. The maximum atomic E-state index is 11.3. The summed E-state index contributed by atoms with van der Waals surface area (Å²) in [4.78, 5) is 24.6. The van der Waals surface area contributed by atoms with Gasteiger partial charge in [-0.15, -0.1) is 0 Å². The van der Waals surface area contributed by atoms with Crippen molar-refractivity contribution in [3.8, 4) is 0 Å². The van der Waals surface area contributed by atoms with Crippen LogP contribution in [0, 0.1) is 5.92 Å². The maximum absolute atomic E-state index is 11.3. The van der Waals surface area contributed by atoms with Gasteiger partial charge in [0.1, 0.15) is 0 Å². The van der Waals surface area contributed by atoms with E-state index in [-0.39, 0.29) is 12.0 Å². The summed E-state index contributed by atoms with van der Waals surface area (Å²) in [7, 11) is 0. The SMILES string of the molecule is CC(=O)N1CCC(Cc2cnc(CN3CC[C@H](O)C3)cn2)CC1. The van der Waals surface area contributed by atoms with Gasteiger partial charge in [-0.2, -0.15) is 0 Å². The van der Waals surface area contributed by atoms with Crippen molar-refractivity contribution in [1.29, 1.82) is 0 Å². The number of aliphatic hydroxyl groups is 1. The Labute approximate surface area is 137 Å². The number of piperidine rings is 1. The molecule has 2 aliphatic rings. The second-order valence-corrected chi connectivity index (χ2v) is 6.83. The predicted molar refractivity (Wildman–Crippen MR) is 86.6 cm³/mol. The summed E-state index contributed by atoms with van der Waals surface area (Å²) in [6, 6.07) is 0. The Morgan fingerprint density at radius 3 is 2.43 bits per heavy atom. The van der Waals surface area contributed by atoms with E-state index in [4.69, 9.17) is 0 Å². The molecule has 2 saturated heterocycles. The third kappa shape index (κ3) is 4.48. The van der Waals surface area contributed by atoms with Crippen molar-refractivity contribution in [2.24, 2.45) is 5.92 Å². The summed E-state index contributed by atoms with van der Waals surface area (Å²) in [6.45, 7) is 5.80. The summed E-state index contributed by atoms with van der Waals surface area (Å²) in [5, 5.41) is 9.55. The molecule has 1 N–H and O–H groups in total. The van der Waals surface area contributed by atoms with Crippen molar-refractivity contribution in [3.63, 3.8) is 0 Å². The first-order valence-electron chi connectivity index (χ1n) is 8.56. The average molecular weight is 318 g/mol. The Kier molecular flexibility index (Phi) is 5.23. The molecule has 0 unspecified atom stereocenters. The first kappa shape index (κ1) is 16.3. The van der Waals surface area contributed by atoms with Crippen LogP contribution in [0.4, 0.5) is 0 Å². The smallest absolute Gasteiger partial charge is 0.219 e. The quantitative estimate of drug-likeness (QED) is 0.891. The second kappa shape index (κ2) is 7.36. The molecule has 2 aliphatic heterocycles. The van der Waals surface area contributed by atoms with E-state index in [0.29, 0.717) is 5.92 Å². The zero-order valence-corrected chi connectivity index (χ0v) is 13.8. The lowest BCUT2D eigenvalue weighted by atomic mass is 9.92. The molecular formula is C17H26N4O2. The molecule has 6 heteroatoms. The highest BCUT2D eigenvalue weighted by Crippen LogP contribution is 2.21. The van der Waals surface area contributed by atoms with Gasteiger partial charge >= 0.3 is 0 Å². The lowest BCUT2D eigenvalue weighted by Crippen LogP contribution is -2.37. The molecule has 3 rings (SSSR count). The minimum Gasteiger partial charge on any atom is -0.392 e. The van der Waals surface area contributed by atoms with Crippen LogP contribution in [0.2, 0.25) is 0 Å². The Morgan fingerprint density at radius 1 is 1.17 bits per heavy atom. The largest absolute Gasteiger partial charge is 0.392 e. The molecule has 1 amide bonds. The van der Waals surface area contributed by atoms with Crippen LogP contribution in [0.15, 0.2) is 12.4 Å². The van der Waals surface area contributed by atoms with Gasteiger partial charge in [-0.25, -0.2) is 0 Å². The molecule has 1 atom stereocenters. The zero-order valence-electron chi connectivity index (χ0n) is 13.8. The van der Waals surface area contributed by atoms with Gasteiger partial charge in [-0.1, -0.05) is 0 Å². The molecular weight excluding hydrogens is 292 g/mol. The molecule has 3 heterocycles. The van der Waals surface area contributed by atoms with Crippen LogP contribution in [0.5, 0.6) is 0 Å². The maximum Gasteiger partial charge on any atom is 0.219 e. The lowest BCUT2D eigenvalue weighted by Gasteiger charge is -2.31. The fraction of sp³-hybridized carbons (Fsp3) is 0.706. The number of likely N-dealkylation sites (tertiary alicyclic amines) is 2. The average Bonchev–Trinajstić information content (AvgIpc) is 2.95. The molecule has 0 bridgehead atoms. The molecule has 0 aliphatic carbocycles. The highest BCUT2D eigenvalue weighted by Gasteiger charge is 2.22. The van der Waals surface area contributed by atoms with Gasteiger partial charge in [0.2, 0.25) is 5.91 Å². The van der Waals surface area contributed by atoms with Crippen LogP contribution in [0.3, 0.4) is 0 Å². The monoisotopic (exact) mass is 318 g/mol. The lowest BCUT2D eigenvalue weighted by molar-refractivity contribution is -0.130. The van der Waals surface area contributed by atoms with Crippen molar-refractivity contribution in [2.75, 3.05) is 26.2 Å². The summed E-state index contributed by atoms with van der Waals surface area (Å²) in [6.07, 6.45) is 7.46. The van der Waals surface area contributed by atoms with Gasteiger partial charge in [0.05, 0.1) is 23.7 Å². The van der Waals surface area contributed by atoms with Gasteiger partial charge in [0.25, 0.3) is 0 Å². The molecule has 0 spiro atoms. The molecule has 0 radical (unpaired) electrons. The fourth-order valence-electron chi connectivity index (χ4n) is 3.50. The Morgan fingerprint density at radius 2 is 1.87 bits per heavy atom. The minimum atomic E-state index is -0.192. The molecule has 0 saturated carbocycles. The van der Waals surface area contributed by atoms with E-state index < -0.39 is 0 Å². The van der Waals surface area contributed by atoms with E-state index in [1.807, 2.05) is 17.3 Å². The molecule has 23 heavy (non-hydrogen) atoms. The Hall–Kier alpha value is -1.53. The number of nitrogens with zero attached hydrogens (tertiary/aromatic N) is 4. The molecule has 6 nitrogen and oxygen atoms in total. The number of β-amino-alcohol motifs (C(OH)–C–C–N with tert-alkyl or cyclic N) is 1. The van der Waals surface area contributed by atoms with Crippen LogP contribution >= 0.6 is 0 Å². The first-order valence-corrected chi connectivity index (χ1v) is 8.56. The highest BCUT2D eigenvalue weighted by atomic mass is 16.3.